The molecule has 18 heavy (non-hydrogen) atoms. The van der Waals surface area contributed by atoms with Gasteiger partial charge in [-0.2, -0.15) is 0 Å². The number of nitrogens with zero attached hydrogens (tertiary/aromatic N) is 2. The van der Waals surface area contributed by atoms with E-state index in [1.807, 2.05) is 0 Å². The van der Waals surface area contributed by atoms with E-state index < -0.39 is 0 Å². The first-order chi connectivity index (χ1) is 8.81. The largest absolute Gasteiger partial charge is 0.396 e. The predicted molar refractivity (Wildman–Crippen MR) is 74.7 cm³/mol. The molecule has 1 aliphatic heterocycles. The minimum atomic E-state index is 0.0866. The summed E-state index contributed by atoms with van der Waals surface area (Å²) in [4.78, 5) is 4.79. The lowest BCUT2D eigenvalue weighted by Gasteiger charge is -2.29. The lowest BCUT2D eigenvalue weighted by molar-refractivity contribution is -0.0684. The third-order valence-corrected chi connectivity index (χ3v) is 3.72. The summed E-state index contributed by atoms with van der Waals surface area (Å²) >= 11 is 0. The molecule has 1 saturated heterocycles. The summed E-state index contributed by atoms with van der Waals surface area (Å²) in [5, 5.41) is 9.09. The molecule has 0 aromatic heterocycles. The molecule has 0 aromatic rings. The zero-order valence-corrected chi connectivity index (χ0v) is 12.1. The van der Waals surface area contributed by atoms with Gasteiger partial charge in [-0.25, -0.2) is 0 Å². The molecule has 0 saturated carbocycles. The van der Waals surface area contributed by atoms with Crippen LogP contribution in [0.1, 0.15) is 39.5 Å². The molecule has 1 heterocycles. The van der Waals surface area contributed by atoms with Crippen LogP contribution in [-0.4, -0.2) is 67.1 Å². The van der Waals surface area contributed by atoms with Crippen LogP contribution in [0, 0.1) is 0 Å². The first-order valence-electron chi connectivity index (χ1n) is 7.50. The molecule has 0 spiro atoms. The molecule has 1 N–H and O–H groups in total. The van der Waals surface area contributed by atoms with Crippen molar-refractivity contribution in [3.63, 3.8) is 0 Å². The zero-order chi connectivity index (χ0) is 13.2. The Labute approximate surface area is 112 Å². The highest BCUT2D eigenvalue weighted by Crippen LogP contribution is 2.09. The monoisotopic (exact) mass is 258 g/mol. The maximum absolute atomic E-state index is 9.09. The van der Waals surface area contributed by atoms with Gasteiger partial charge in [0.15, 0.2) is 0 Å². The lowest BCUT2D eigenvalue weighted by Crippen LogP contribution is -2.38. The van der Waals surface area contributed by atoms with E-state index in [1.54, 1.807) is 0 Å². The van der Waals surface area contributed by atoms with Crippen molar-refractivity contribution in [2.75, 3.05) is 45.9 Å². The third kappa shape index (κ3) is 5.65. The first-order valence-corrected chi connectivity index (χ1v) is 7.50. The van der Waals surface area contributed by atoms with Crippen molar-refractivity contribution >= 4 is 0 Å². The van der Waals surface area contributed by atoms with Gasteiger partial charge in [0.05, 0.1) is 0 Å². The molecule has 0 aromatic carbocycles. The van der Waals surface area contributed by atoms with Gasteiger partial charge in [-0.15, -0.1) is 0 Å². The minimum absolute atomic E-state index is 0.0866. The lowest BCUT2D eigenvalue weighted by atomic mass is 10.3. The van der Waals surface area contributed by atoms with Gasteiger partial charge < -0.3 is 14.7 Å². The highest BCUT2D eigenvalue weighted by Gasteiger charge is 2.16. The van der Waals surface area contributed by atoms with E-state index >= 15 is 0 Å². The standard InChI is InChI=1S/C14H30N2O2/c1-3-16(4-2)14(8-12-17)18-13-7-11-15-9-5-6-10-15/h14,17H,3-13H2,1-2H3. The van der Waals surface area contributed by atoms with Gasteiger partial charge in [-0.3, -0.25) is 4.90 Å². The Hall–Kier alpha value is -0.160. The molecular formula is C14H30N2O2. The molecule has 1 unspecified atom stereocenters. The normalized spacial score (nSPS) is 18.7. The van der Waals surface area contributed by atoms with Crippen molar-refractivity contribution in [3.05, 3.63) is 0 Å². The first kappa shape index (κ1) is 15.9. The van der Waals surface area contributed by atoms with Crippen LogP contribution in [0.5, 0.6) is 0 Å². The Bertz CT molecular complexity index is 192. The summed E-state index contributed by atoms with van der Waals surface area (Å²) in [6, 6.07) is 0. The molecule has 1 atom stereocenters. The van der Waals surface area contributed by atoms with E-state index in [4.69, 9.17) is 9.84 Å². The molecular weight excluding hydrogens is 228 g/mol. The van der Waals surface area contributed by atoms with Gasteiger partial charge in [-0.1, -0.05) is 13.8 Å². The number of likely N-dealkylation sites (tertiary alicyclic amines) is 1. The van der Waals surface area contributed by atoms with Gasteiger partial charge in [0.1, 0.15) is 6.23 Å². The van der Waals surface area contributed by atoms with Crippen molar-refractivity contribution in [2.24, 2.45) is 0 Å². The van der Waals surface area contributed by atoms with Gasteiger partial charge in [-0.05, 0) is 45.4 Å². The third-order valence-electron chi connectivity index (χ3n) is 3.72. The molecule has 1 aliphatic rings. The average molecular weight is 258 g/mol. The highest BCUT2D eigenvalue weighted by molar-refractivity contribution is 4.66. The van der Waals surface area contributed by atoms with Crippen molar-refractivity contribution in [3.8, 4) is 0 Å². The number of hydrogen-bond donors (Lipinski definition) is 1. The van der Waals surface area contributed by atoms with Crippen molar-refractivity contribution in [1.29, 1.82) is 0 Å². The smallest absolute Gasteiger partial charge is 0.112 e. The fourth-order valence-electron chi connectivity index (χ4n) is 2.63. The van der Waals surface area contributed by atoms with Crippen molar-refractivity contribution < 1.29 is 9.84 Å². The number of aliphatic hydroxyl groups is 1. The van der Waals surface area contributed by atoms with E-state index in [-0.39, 0.29) is 12.8 Å². The second-order valence-corrected chi connectivity index (χ2v) is 4.96. The second kappa shape index (κ2) is 9.73. The molecule has 1 fully saturated rings. The van der Waals surface area contributed by atoms with E-state index in [0.717, 1.165) is 32.7 Å². The summed E-state index contributed by atoms with van der Waals surface area (Å²) in [6.07, 6.45) is 4.61. The minimum Gasteiger partial charge on any atom is -0.396 e. The predicted octanol–water partition coefficient (Wildman–Crippen LogP) is 1.54. The fraction of sp³-hybridized carbons (Fsp3) is 1.00. The van der Waals surface area contributed by atoms with Gasteiger partial charge in [0.2, 0.25) is 0 Å². The highest BCUT2D eigenvalue weighted by atomic mass is 16.5. The number of hydrogen-bond acceptors (Lipinski definition) is 4. The van der Waals surface area contributed by atoms with Crippen LogP contribution in [0.25, 0.3) is 0 Å². The topological polar surface area (TPSA) is 35.9 Å². The van der Waals surface area contributed by atoms with E-state index in [2.05, 4.69) is 23.6 Å². The van der Waals surface area contributed by atoms with Crippen molar-refractivity contribution in [1.82, 2.24) is 9.80 Å². The summed E-state index contributed by atoms with van der Waals surface area (Å²) in [7, 11) is 0. The molecule has 4 nitrogen and oxygen atoms in total. The molecule has 4 heteroatoms. The molecule has 0 amide bonds. The molecule has 0 aliphatic carbocycles. The van der Waals surface area contributed by atoms with Crippen LogP contribution in [0.2, 0.25) is 0 Å². The number of aliphatic hydroxyl groups excluding tert-OH is 1. The van der Waals surface area contributed by atoms with Crippen LogP contribution in [0.15, 0.2) is 0 Å². The summed E-state index contributed by atoms with van der Waals surface area (Å²) in [5.74, 6) is 0. The van der Waals surface area contributed by atoms with Crippen molar-refractivity contribution in [2.45, 2.75) is 45.8 Å². The molecule has 1 rings (SSSR count). The Morgan fingerprint density at radius 3 is 2.44 bits per heavy atom. The quantitative estimate of drug-likeness (QED) is 0.476. The molecule has 108 valence electrons. The number of rotatable bonds is 10. The maximum Gasteiger partial charge on any atom is 0.112 e. The SMILES string of the molecule is CCN(CC)C(CCO)OCCCN1CCCC1. The Morgan fingerprint density at radius 1 is 1.22 bits per heavy atom. The molecule has 0 radical (unpaired) electrons. The summed E-state index contributed by atoms with van der Waals surface area (Å²) < 4.78 is 5.93. The Kier molecular flexibility index (Phi) is 8.59. The van der Waals surface area contributed by atoms with Crippen LogP contribution in [0.3, 0.4) is 0 Å². The van der Waals surface area contributed by atoms with Crippen LogP contribution in [0.4, 0.5) is 0 Å². The second-order valence-electron chi connectivity index (χ2n) is 4.96. The van der Waals surface area contributed by atoms with E-state index in [0.29, 0.717) is 6.42 Å². The van der Waals surface area contributed by atoms with E-state index in [9.17, 15) is 0 Å². The fourth-order valence-corrected chi connectivity index (χ4v) is 2.63. The van der Waals surface area contributed by atoms with Gasteiger partial charge >= 0.3 is 0 Å². The van der Waals surface area contributed by atoms with Crippen LogP contribution < -0.4 is 0 Å². The maximum atomic E-state index is 9.09. The molecule has 0 bridgehead atoms. The van der Waals surface area contributed by atoms with Gasteiger partial charge in [0, 0.05) is 26.2 Å². The number of ether oxygens (including phenoxy) is 1. The van der Waals surface area contributed by atoms with E-state index in [1.165, 1.54) is 25.9 Å². The zero-order valence-electron chi connectivity index (χ0n) is 12.1. The summed E-state index contributed by atoms with van der Waals surface area (Å²) in [6.45, 7) is 10.9. The van der Waals surface area contributed by atoms with Crippen LogP contribution in [-0.2, 0) is 4.74 Å². The van der Waals surface area contributed by atoms with Crippen LogP contribution >= 0.6 is 0 Å². The average Bonchev–Trinajstić information content (AvgIpc) is 2.89. The Morgan fingerprint density at radius 2 is 1.89 bits per heavy atom. The Balaban J connectivity index is 2.15. The van der Waals surface area contributed by atoms with Gasteiger partial charge in [0.25, 0.3) is 0 Å². The summed E-state index contributed by atoms with van der Waals surface area (Å²) in [5.41, 5.74) is 0.